The lowest BCUT2D eigenvalue weighted by Gasteiger charge is -2.21. The molecular formula is C22H23N3O5S2. The highest BCUT2D eigenvalue weighted by atomic mass is 32.2. The Morgan fingerprint density at radius 1 is 1.03 bits per heavy atom. The van der Waals surface area contributed by atoms with E-state index in [4.69, 9.17) is 4.42 Å². The second-order valence-electron chi connectivity index (χ2n) is 7.46. The first kappa shape index (κ1) is 22.1. The van der Waals surface area contributed by atoms with Crippen molar-refractivity contribution in [3.8, 4) is 0 Å². The predicted octanol–water partition coefficient (Wildman–Crippen LogP) is 3.89. The van der Waals surface area contributed by atoms with E-state index in [1.165, 1.54) is 6.26 Å². The van der Waals surface area contributed by atoms with E-state index in [1.54, 1.807) is 67.6 Å². The van der Waals surface area contributed by atoms with Crippen LogP contribution >= 0.6 is 0 Å². The molecule has 1 atom stereocenters. The Morgan fingerprint density at radius 2 is 1.72 bits per heavy atom. The van der Waals surface area contributed by atoms with Gasteiger partial charge in [0.15, 0.2) is 0 Å². The van der Waals surface area contributed by atoms with Gasteiger partial charge < -0.3 is 4.42 Å². The number of anilines is 1. The van der Waals surface area contributed by atoms with Crippen LogP contribution in [0, 0.1) is 6.92 Å². The molecule has 10 heteroatoms. The van der Waals surface area contributed by atoms with Gasteiger partial charge in [-0.15, -0.1) is 0 Å². The van der Waals surface area contributed by atoms with Crippen LogP contribution in [0.2, 0.25) is 0 Å². The molecule has 0 amide bonds. The molecule has 0 saturated carbocycles. The summed E-state index contributed by atoms with van der Waals surface area (Å²) in [5, 5.41) is 4.45. The molecule has 168 valence electrons. The summed E-state index contributed by atoms with van der Waals surface area (Å²) in [5.41, 5.74) is 2.64. The van der Waals surface area contributed by atoms with Crippen molar-refractivity contribution in [2.24, 2.45) is 5.10 Å². The van der Waals surface area contributed by atoms with Crippen LogP contribution in [0.15, 0.2) is 81.3 Å². The molecule has 0 saturated heterocycles. The molecule has 0 radical (unpaired) electrons. The number of rotatable bonds is 7. The third-order valence-corrected chi connectivity index (χ3v) is 8.18. The van der Waals surface area contributed by atoms with E-state index >= 15 is 0 Å². The largest absolute Gasteiger partial charge is 0.467 e. The molecule has 1 aliphatic rings. The number of nitrogens with one attached hydrogen (secondary N) is 1. The summed E-state index contributed by atoms with van der Waals surface area (Å²) >= 11 is 0. The van der Waals surface area contributed by atoms with E-state index in [1.807, 2.05) is 6.92 Å². The summed E-state index contributed by atoms with van der Waals surface area (Å²) < 4.78 is 59.4. The van der Waals surface area contributed by atoms with Crippen LogP contribution in [0.4, 0.5) is 5.69 Å². The normalized spacial score (nSPS) is 16.8. The fraction of sp³-hybridized carbons (Fsp3) is 0.227. The van der Waals surface area contributed by atoms with Crippen molar-refractivity contribution in [3.63, 3.8) is 0 Å². The van der Waals surface area contributed by atoms with Crippen LogP contribution in [0.3, 0.4) is 0 Å². The lowest BCUT2D eigenvalue weighted by atomic mass is 10.0. The highest BCUT2D eigenvalue weighted by molar-refractivity contribution is 7.92. The zero-order valence-electron chi connectivity index (χ0n) is 17.6. The first-order valence-electron chi connectivity index (χ1n) is 10.0. The van der Waals surface area contributed by atoms with Crippen LogP contribution in [-0.4, -0.2) is 32.7 Å². The van der Waals surface area contributed by atoms with Crippen LogP contribution in [0.5, 0.6) is 0 Å². The Bertz CT molecular complexity index is 1330. The minimum atomic E-state index is -3.91. The quantitative estimate of drug-likeness (QED) is 0.560. The number of hydrazone groups is 1. The van der Waals surface area contributed by atoms with E-state index in [0.29, 0.717) is 29.1 Å². The van der Waals surface area contributed by atoms with Crippen molar-refractivity contribution in [3.05, 3.63) is 83.8 Å². The van der Waals surface area contributed by atoms with Gasteiger partial charge in [-0.2, -0.15) is 17.9 Å². The van der Waals surface area contributed by atoms with Crippen molar-refractivity contribution in [1.82, 2.24) is 4.41 Å². The van der Waals surface area contributed by atoms with Gasteiger partial charge in [0, 0.05) is 12.1 Å². The zero-order valence-corrected chi connectivity index (χ0v) is 19.2. The van der Waals surface area contributed by atoms with E-state index in [2.05, 4.69) is 9.82 Å². The number of sulfonamides is 2. The number of benzene rings is 2. The third-order valence-electron chi connectivity index (χ3n) is 5.18. The minimum Gasteiger partial charge on any atom is -0.467 e. The number of nitrogens with zero attached hydrogens (tertiary/aromatic N) is 2. The number of aryl methyl sites for hydroxylation is 1. The Kier molecular flexibility index (Phi) is 5.83. The summed E-state index contributed by atoms with van der Waals surface area (Å²) in [6.45, 7) is 3.44. The molecule has 32 heavy (non-hydrogen) atoms. The highest BCUT2D eigenvalue weighted by Crippen LogP contribution is 2.37. The van der Waals surface area contributed by atoms with Crippen molar-refractivity contribution in [2.45, 2.75) is 31.2 Å². The molecule has 0 bridgehead atoms. The Balaban J connectivity index is 1.69. The monoisotopic (exact) mass is 473 g/mol. The molecule has 1 aliphatic heterocycles. The molecule has 8 nitrogen and oxygen atoms in total. The van der Waals surface area contributed by atoms with Gasteiger partial charge in [-0.25, -0.2) is 8.42 Å². The molecule has 1 aromatic heterocycles. The molecule has 2 aromatic carbocycles. The van der Waals surface area contributed by atoms with E-state index < -0.39 is 26.1 Å². The van der Waals surface area contributed by atoms with Gasteiger partial charge in [0.05, 0.1) is 22.6 Å². The molecule has 0 fully saturated rings. The van der Waals surface area contributed by atoms with Crippen molar-refractivity contribution >= 4 is 31.4 Å². The Labute approximate surface area is 187 Å². The molecule has 4 rings (SSSR count). The van der Waals surface area contributed by atoms with Crippen LogP contribution in [-0.2, 0) is 20.0 Å². The molecular weight excluding hydrogens is 450 g/mol. The zero-order chi connectivity index (χ0) is 22.9. The van der Waals surface area contributed by atoms with Crippen LogP contribution in [0.25, 0.3) is 0 Å². The third kappa shape index (κ3) is 4.42. The first-order valence-corrected chi connectivity index (χ1v) is 13.1. The maximum absolute atomic E-state index is 13.4. The molecule has 1 N–H and O–H groups in total. The number of furan rings is 1. The summed E-state index contributed by atoms with van der Waals surface area (Å²) in [4.78, 5) is 0.147. The number of hydrogen-bond donors (Lipinski definition) is 1. The highest BCUT2D eigenvalue weighted by Gasteiger charge is 2.39. The molecule has 0 aliphatic carbocycles. The van der Waals surface area contributed by atoms with Gasteiger partial charge in [0.2, 0.25) is 10.0 Å². The lowest BCUT2D eigenvalue weighted by Crippen LogP contribution is -2.27. The summed E-state index contributed by atoms with van der Waals surface area (Å²) in [6, 6.07) is 16.1. The van der Waals surface area contributed by atoms with Crippen molar-refractivity contribution in [1.29, 1.82) is 0 Å². The second kappa shape index (κ2) is 8.44. The van der Waals surface area contributed by atoms with Crippen molar-refractivity contribution < 1.29 is 21.3 Å². The molecule has 1 unspecified atom stereocenters. The maximum atomic E-state index is 13.4. The van der Waals surface area contributed by atoms with Gasteiger partial charge in [-0.05, 0) is 55.8 Å². The average Bonchev–Trinajstić information content (AvgIpc) is 3.45. The van der Waals surface area contributed by atoms with Gasteiger partial charge >= 0.3 is 0 Å². The standard InChI is InChI=1S/C22H23N3O5S2/c1-3-31(26,27)24-18-10-8-17(9-11-18)20-15-21(22-5-4-14-30-22)25(23-20)32(28,29)19-12-6-16(2)7-13-19/h4-14,21,24H,3,15H2,1-2H3. The first-order chi connectivity index (χ1) is 15.2. The summed E-state index contributed by atoms with van der Waals surface area (Å²) in [7, 11) is -7.30. The minimum absolute atomic E-state index is 0.0296. The van der Waals surface area contributed by atoms with Gasteiger partial charge in [-0.3, -0.25) is 4.72 Å². The maximum Gasteiger partial charge on any atom is 0.279 e. The predicted molar refractivity (Wildman–Crippen MR) is 122 cm³/mol. The Hall–Kier alpha value is -3.11. The smallest absolute Gasteiger partial charge is 0.279 e. The summed E-state index contributed by atoms with van der Waals surface area (Å²) in [6.07, 6.45) is 1.82. The molecule has 0 spiro atoms. The molecule has 3 aromatic rings. The Morgan fingerprint density at radius 3 is 2.31 bits per heavy atom. The SMILES string of the molecule is CCS(=O)(=O)Nc1ccc(C2=NN(S(=O)(=O)c3ccc(C)cc3)C(c3ccco3)C2)cc1. The second-order valence-corrected chi connectivity index (χ2v) is 11.3. The van der Waals surface area contributed by atoms with Crippen molar-refractivity contribution in [2.75, 3.05) is 10.5 Å². The fourth-order valence-electron chi connectivity index (χ4n) is 3.38. The fourth-order valence-corrected chi connectivity index (χ4v) is 5.43. The lowest BCUT2D eigenvalue weighted by molar-refractivity contribution is 0.320. The van der Waals surface area contributed by atoms with Crippen LogP contribution < -0.4 is 4.72 Å². The van der Waals surface area contributed by atoms with E-state index in [9.17, 15) is 16.8 Å². The summed E-state index contributed by atoms with van der Waals surface area (Å²) in [5.74, 6) is 0.463. The van der Waals surface area contributed by atoms with E-state index in [-0.39, 0.29) is 10.6 Å². The molecule has 2 heterocycles. The van der Waals surface area contributed by atoms with Gasteiger partial charge in [-0.1, -0.05) is 29.8 Å². The van der Waals surface area contributed by atoms with Gasteiger partial charge in [0.1, 0.15) is 11.8 Å². The van der Waals surface area contributed by atoms with Gasteiger partial charge in [0.25, 0.3) is 10.0 Å². The topological polar surface area (TPSA) is 109 Å². The van der Waals surface area contributed by atoms with Crippen LogP contribution in [0.1, 0.15) is 36.3 Å². The van der Waals surface area contributed by atoms with E-state index in [0.717, 1.165) is 9.98 Å². The average molecular weight is 474 g/mol. The number of hydrogen-bond acceptors (Lipinski definition) is 6.